The lowest BCUT2D eigenvalue weighted by molar-refractivity contribution is -0.136. The zero-order chi connectivity index (χ0) is 41.7. The highest BCUT2D eigenvalue weighted by Gasteiger charge is 2.48. The molecule has 1 spiro atoms. The fourth-order valence-electron chi connectivity index (χ4n) is 9.84. The molecular weight excluding hydrogens is 793 g/mol. The molecule has 60 heavy (non-hydrogen) atoms. The van der Waals surface area contributed by atoms with Gasteiger partial charge in [0.25, 0.3) is 17.7 Å². The van der Waals surface area contributed by atoms with Crippen LogP contribution >= 0.6 is 11.6 Å². The second kappa shape index (κ2) is 16.1. The van der Waals surface area contributed by atoms with Crippen molar-refractivity contribution in [1.29, 1.82) is 5.26 Å². The Morgan fingerprint density at radius 3 is 2.25 bits per heavy atom. The fourth-order valence-corrected chi connectivity index (χ4v) is 10.1. The van der Waals surface area contributed by atoms with Crippen LogP contribution in [-0.4, -0.2) is 113 Å². The lowest BCUT2D eigenvalue weighted by atomic mass is 9.71. The summed E-state index contributed by atoms with van der Waals surface area (Å²) in [5, 5.41) is 23.5. The molecule has 6 heterocycles. The molecule has 15 nitrogen and oxygen atoms in total. The summed E-state index contributed by atoms with van der Waals surface area (Å²) in [5.74, 6) is -1.93. The van der Waals surface area contributed by atoms with E-state index in [2.05, 4.69) is 30.6 Å². The molecule has 5 fully saturated rings. The molecule has 5 aliphatic heterocycles. The van der Waals surface area contributed by atoms with Crippen LogP contribution in [0.4, 0.5) is 15.9 Å². The third kappa shape index (κ3) is 7.64. The predicted octanol–water partition coefficient (Wildman–Crippen LogP) is 4.23. The molecule has 312 valence electrons. The number of hydrogen-bond acceptors (Lipinski definition) is 12. The number of nitrogens with one attached hydrogen (secondary N) is 2. The van der Waals surface area contributed by atoms with Crippen LogP contribution in [0.15, 0.2) is 42.5 Å². The Kier molecular flexibility index (Phi) is 10.7. The average Bonchev–Trinajstić information content (AvgIpc) is 3.47. The molecule has 5 amide bonds. The van der Waals surface area contributed by atoms with Crippen LogP contribution in [0.5, 0.6) is 5.75 Å². The lowest BCUT2D eigenvalue weighted by Crippen LogP contribution is -2.64. The first-order chi connectivity index (χ1) is 29.0. The first-order valence-corrected chi connectivity index (χ1v) is 21.2. The summed E-state index contributed by atoms with van der Waals surface area (Å²) in [5.41, 5.74) is 1.24. The van der Waals surface area contributed by atoms with E-state index in [9.17, 15) is 24.0 Å². The second-order valence-electron chi connectivity index (χ2n) is 17.0. The second-order valence-corrected chi connectivity index (χ2v) is 17.4. The minimum atomic E-state index is -1.10. The number of benzene rings is 2. The van der Waals surface area contributed by atoms with Gasteiger partial charge in [-0.05, 0) is 99.6 Å². The van der Waals surface area contributed by atoms with Crippen molar-refractivity contribution >= 4 is 52.6 Å². The van der Waals surface area contributed by atoms with Gasteiger partial charge in [0.2, 0.25) is 11.8 Å². The average molecular weight is 838 g/mol. The predicted molar refractivity (Wildman–Crippen MR) is 216 cm³/mol. The SMILES string of the molecule is N#Cc1ccc(O[C@H]2CC[C@H](NC(=O)c3ccc(N4CCC5(CC4)CN(C4CCN(c6cc7c(cc6F)C(=O)N(C6CCC(=O)NC6=O)C7=O)CC4)C5)nn3)CC2)cc1Cl. The van der Waals surface area contributed by atoms with Crippen LogP contribution in [0.25, 0.3) is 0 Å². The molecule has 2 aromatic carbocycles. The van der Waals surface area contributed by atoms with Crippen LogP contribution in [0.3, 0.4) is 0 Å². The Balaban J connectivity index is 0.709. The van der Waals surface area contributed by atoms with Gasteiger partial charge in [-0.3, -0.25) is 39.1 Å². The topological polar surface area (TPSA) is 181 Å². The molecule has 1 aliphatic carbocycles. The van der Waals surface area contributed by atoms with E-state index < -0.39 is 35.5 Å². The smallest absolute Gasteiger partial charge is 0.272 e. The number of nitriles is 1. The summed E-state index contributed by atoms with van der Waals surface area (Å²) in [6.45, 7) is 4.94. The van der Waals surface area contributed by atoms with Crippen LogP contribution in [0.2, 0.25) is 5.02 Å². The van der Waals surface area contributed by atoms with Crippen molar-refractivity contribution in [2.45, 2.75) is 88.4 Å². The van der Waals surface area contributed by atoms with Crippen molar-refractivity contribution in [3.05, 3.63) is 75.7 Å². The van der Waals surface area contributed by atoms with Gasteiger partial charge in [-0.25, -0.2) is 4.39 Å². The number of carbonyl (C=O) groups is 5. The largest absolute Gasteiger partial charge is 0.490 e. The van der Waals surface area contributed by atoms with Gasteiger partial charge in [0, 0.05) is 63.8 Å². The molecule has 1 aromatic heterocycles. The van der Waals surface area contributed by atoms with Gasteiger partial charge in [-0.1, -0.05) is 11.6 Å². The van der Waals surface area contributed by atoms with Gasteiger partial charge < -0.3 is 19.9 Å². The number of halogens is 2. The number of carbonyl (C=O) groups excluding carboxylic acids is 5. The normalized spacial score (nSPS) is 24.5. The van der Waals surface area contributed by atoms with Crippen LogP contribution in [0, 0.1) is 22.6 Å². The Bertz CT molecular complexity index is 2270. The quantitative estimate of drug-likeness (QED) is 0.309. The van der Waals surface area contributed by atoms with E-state index in [0.29, 0.717) is 35.5 Å². The summed E-state index contributed by atoms with van der Waals surface area (Å²) >= 11 is 6.15. The maximum absolute atomic E-state index is 15.5. The summed E-state index contributed by atoms with van der Waals surface area (Å²) in [4.78, 5) is 71.1. The summed E-state index contributed by atoms with van der Waals surface area (Å²) in [6.07, 6.45) is 6.92. The maximum atomic E-state index is 15.5. The van der Waals surface area contributed by atoms with E-state index in [1.807, 2.05) is 17.0 Å². The van der Waals surface area contributed by atoms with E-state index in [0.717, 1.165) is 94.3 Å². The van der Waals surface area contributed by atoms with Gasteiger partial charge in [0.15, 0.2) is 11.5 Å². The molecule has 6 aliphatic rings. The summed E-state index contributed by atoms with van der Waals surface area (Å²) in [7, 11) is 0. The number of piperidine rings is 3. The maximum Gasteiger partial charge on any atom is 0.272 e. The highest BCUT2D eigenvalue weighted by Crippen LogP contribution is 2.44. The Morgan fingerprint density at radius 2 is 1.60 bits per heavy atom. The Labute approximate surface area is 351 Å². The van der Waals surface area contributed by atoms with Crippen LogP contribution < -0.4 is 25.2 Å². The highest BCUT2D eigenvalue weighted by molar-refractivity contribution is 6.31. The van der Waals surface area contributed by atoms with Gasteiger partial charge in [-0.2, -0.15) is 5.26 Å². The van der Waals surface area contributed by atoms with Crippen molar-refractivity contribution < 1.29 is 33.1 Å². The Morgan fingerprint density at radius 1 is 0.883 bits per heavy atom. The number of anilines is 2. The zero-order valence-electron chi connectivity index (χ0n) is 33.0. The Hall–Kier alpha value is -5.66. The molecule has 1 saturated carbocycles. The van der Waals surface area contributed by atoms with E-state index >= 15 is 4.39 Å². The van der Waals surface area contributed by atoms with Crippen molar-refractivity contribution in [2.24, 2.45) is 5.41 Å². The van der Waals surface area contributed by atoms with E-state index in [4.69, 9.17) is 21.6 Å². The fraction of sp³-hybridized carbons (Fsp3) is 0.488. The first kappa shape index (κ1) is 39.8. The molecule has 9 rings (SSSR count). The minimum absolute atomic E-state index is 0.00990. The van der Waals surface area contributed by atoms with Gasteiger partial charge >= 0.3 is 0 Å². The van der Waals surface area contributed by atoms with Gasteiger partial charge in [0.05, 0.1) is 33.5 Å². The number of nitrogens with zero attached hydrogens (tertiary/aromatic N) is 7. The van der Waals surface area contributed by atoms with Crippen molar-refractivity contribution in [1.82, 2.24) is 30.6 Å². The molecule has 0 radical (unpaired) electrons. The molecule has 1 atom stereocenters. The number of aromatic nitrogens is 2. The van der Waals surface area contributed by atoms with Crippen LogP contribution in [-0.2, 0) is 9.59 Å². The van der Waals surface area contributed by atoms with Crippen molar-refractivity contribution in [2.75, 3.05) is 49.1 Å². The molecule has 17 heteroatoms. The van der Waals surface area contributed by atoms with E-state index in [-0.39, 0.29) is 58.8 Å². The third-order valence-corrected chi connectivity index (χ3v) is 13.6. The number of fused-ring (bicyclic) bond motifs is 1. The molecular formula is C43H45ClFN9O6. The third-order valence-electron chi connectivity index (χ3n) is 13.3. The molecule has 0 bridgehead atoms. The van der Waals surface area contributed by atoms with Gasteiger partial charge in [0.1, 0.15) is 23.7 Å². The molecule has 4 saturated heterocycles. The van der Waals surface area contributed by atoms with Crippen molar-refractivity contribution in [3.63, 3.8) is 0 Å². The van der Waals surface area contributed by atoms with Gasteiger partial charge in [-0.15, -0.1) is 10.2 Å². The molecule has 1 unspecified atom stereocenters. The first-order valence-electron chi connectivity index (χ1n) is 20.8. The van der Waals surface area contributed by atoms with E-state index in [1.54, 1.807) is 24.3 Å². The number of ether oxygens (including phenoxy) is 1. The monoisotopic (exact) mass is 837 g/mol. The van der Waals surface area contributed by atoms with E-state index in [1.165, 1.54) is 6.07 Å². The lowest BCUT2D eigenvalue weighted by Gasteiger charge is -2.57. The standard InChI is InChI=1S/C43H45ClFN9O6/c44-32-19-29(4-1-25(32)22-46)60-28-5-2-26(3-6-28)47-39(56)34-7-9-37(50-49-34)52-17-13-43(14-18-52)23-53(24-43)27-11-15-51(16-12-27)36-21-31-30(20-33(36)45)41(58)54(42(31)59)35-8-10-38(55)48-40(35)57/h1,4,7,9,19-21,26-28,35H,2-3,5-6,8,10-18,23-24H2,(H,47,56)(H,48,55,57)/t26-,28-,35?. The van der Waals surface area contributed by atoms with Crippen molar-refractivity contribution in [3.8, 4) is 11.8 Å². The van der Waals surface area contributed by atoms with Crippen LogP contribution in [0.1, 0.15) is 101 Å². The molecule has 3 aromatic rings. The zero-order valence-corrected chi connectivity index (χ0v) is 33.8. The summed E-state index contributed by atoms with van der Waals surface area (Å²) in [6, 6.07) is 12.6. The number of amides is 5. The summed E-state index contributed by atoms with van der Waals surface area (Å²) < 4.78 is 21.6. The highest BCUT2D eigenvalue weighted by atomic mass is 35.5. The number of likely N-dealkylation sites (tertiary alicyclic amines) is 1. The molecule has 2 N–H and O–H groups in total. The number of rotatable bonds is 8. The minimum Gasteiger partial charge on any atom is -0.490 e. The number of hydrogen-bond donors (Lipinski definition) is 2. The number of imide groups is 2.